The van der Waals surface area contributed by atoms with Crippen LogP contribution in [0.15, 0.2) is 24.3 Å². The van der Waals surface area contributed by atoms with E-state index in [0.717, 1.165) is 17.1 Å². The van der Waals surface area contributed by atoms with Crippen molar-refractivity contribution in [2.75, 3.05) is 33.7 Å². The molecule has 0 atom stereocenters. The molecule has 5 heteroatoms. The molecule has 0 heterocycles. The van der Waals surface area contributed by atoms with Crippen LogP contribution in [0.2, 0.25) is 5.02 Å². The minimum Gasteiger partial charge on any atom is -0.337 e. The summed E-state index contributed by atoms with van der Waals surface area (Å²) >= 11 is 5.89. The van der Waals surface area contributed by atoms with Gasteiger partial charge in [-0.2, -0.15) is 0 Å². The van der Waals surface area contributed by atoms with Crippen molar-refractivity contribution in [3.8, 4) is 0 Å². The third-order valence-electron chi connectivity index (χ3n) is 3.16. The van der Waals surface area contributed by atoms with E-state index in [-0.39, 0.29) is 11.4 Å². The molecule has 0 bridgehead atoms. The Morgan fingerprint density at radius 1 is 1.20 bits per heavy atom. The van der Waals surface area contributed by atoms with E-state index in [2.05, 4.69) is 24.5 Å². The molecule has 1 rings (SSSR count). The van der Waals surface area contributed by atoms with E-state index < -0.39 is 0 Å². The van der Waals surface area contributed by atoms with Gasteiger partial charge in [-0.05, 0) is 31.8 Å². The van der Waals surface area contributed by atoms with Crippen LogP contribution in [0, 0.1) is 0 Å². The zero-order chi connectivity index (χ0) is 15.2. The average molecular weight is 298 g/mol. The number of carbonyl (C=O) groups is 1. The quantitative estimate of drug-likeness (QED) is 0.847. The molecule has 0 fully saturated rings. The molecular formula is C15H24ClN3O. The van der Waals surface area contributed by atoms with Crippen LogP contribution in [-0.2, 0) is 5.41 Å². The molecular weight excluding hydrogens is 274 g/mol. The Bertz CT molecular complexity index is 429. The van der Waals surface area contributed by atoms with Gasteiger partial charge in [0.1, 0.15) is 0 Å². The van der Waals surface area contributed by atoms with Gasteiger partial charge in [0.2, 0.25) is 0 Å². The second-order valence-electron chi connectivity index (χ2n) is 5.80. The number of halogens is 1. The van der Waals surface area contributed by atoms with E-state index in [1.54, 1.807) is 0 Å². The number of hydrogen-bond donors (Lipinski definition) is 2. The van der Waals surface area contributed by atoms with E-state index >= 15 is 0 Å². The number of nitrogens with one attached hydrogen (secondary N) is 2. The van der Waals surface area contributed by atoms with Gasteiger partial charge in [0.05, 0.1) is 0 Å². The van der Waals surface area contributed by atoms with E-state index in [1.165, 1.54) is 0 Å². The lowest BCUT2D eigenvalue weighted by molar-refractivity contribution is 0.237. The number of likely N-dealkylation sites (N-methyl/N-ethyl adjacent to an activating group) is 1. The standard InChI is InChI=1S/C15H24ClN3O/c1-15(2,12-5-7-13(16)8-6-12)11-18-14(20)17-9-10-19(3)4/h5-8H,9-11H2,1-4H3,(H2,17,18,20). The van der Waals surface area contributed by atoms with Gasteiger partial charge in [-0.25, -0.2) is 4.79 Å². The van der Waals surface area contributed by atoms with Gasteiger partial charge in [0.25, 0.3) is 0 Å². The first-order valence-electron chi connectivity index (χ1n) is 6.74. The van der Waals surface area contributed by atoms with E-state index in [1.807, 2.05) is 43.3 Å². The van der Waals surface area contributed by atoms with Gasteiger partial charge in [-0.1, -0.05) is 37.6 Å². The zero-order valence-corrected chi connectivity index (χ0v) is 13.4. The Balaban J connectivity index is 2.42. The number of urea groups is 1. The first-order valence-corrected chi connectivity index (χ1v) is 7.11. The van der Waals surface area contributed by atoms with Gasteiger partial charge in [-0.3, -0.25) is 0 Å². The van der Waals surface area contributed by atoms with E-state index in [0.29, 0.717) is 13.1 Å². The fraction of sp³-hybridized carbons (Fsp3) is 0.533. The minimum atomic E-state index is -0.135. The maximum atomic E-state index is 11.7. The number of benzene rings is 1. The normalized spacial score (nSPS) is 11.5. The molecule has 0 radical (unpaired) electrons. The molecule has 2 amide bonds. The van der Waals surface area contributed by atoms with Crippen LogP contribution in [0.1, 0.15) is 19.4 Å². The zero-order valence-electron chi connectivity index (χ0n) is 12.7. The summed E-state index contributed by atoms with van der Waals surface area (Å²) in [7, 11) is 3.95. The molecule has 0 saturated heterocycles. The highest BCUT2D eigenvalue weighted by Gasteiger charge is 2.21. The first kappa shape index (κ1) is 16.8. The third-order valence-corrected chi connectivity index (χ3v) is 3.41. The first-order chi connectivity index (χ1) is 9.31. The highest BCUT2D eigenvalue weighted by molar-refractivity contribution is 6.30. The second-order valence-corrected chi connectivity index (χ2v) is 6.24. The Morgan fingerprint density at radius 2 is 1.80 bits per heavy atom. The van der Waals surface area contributed by atoms with E-state index in [4.69, 9.17) is 11.6 Å². The number of amides is 2. The maximum Gasteiger partial charge on any atom is 0.314 e. The van der Waals surface area contributed by atoms with Crippen LogP contribution in [0.3, 0.4) is 0 Å². The summed E-state index contributed by atoms with van der Waals surface area (Å²) in [5.74, 6) is 0. The fourth-order valence-corrected chi connectivity index (χ4v) is 1.89. The molecule has 1 aromatic carbocycles. The topological polar surface area (TPSA) is 44.4 Å². The Labute approximate surface area is 126 Å². The lowest BCUT2D eigenvalue weighted by Crippen LogP contribution is -2.43. The Morgan fingerprint density at radius 3 is 2.35 bits per heavy atom. The molecule has 4 nitrogen and oxygen atoms in total. The van der Waals surface area contributed by atoms with E-state index in [9.17, 15) is 4.79 Å². The highest BCUT2D eigenvalue weighted by atomic mass is 35.5. The molecule has 0 aliphatic rings. The lowest BCUT2D eigenvalue weighted by Gasteiger charge is -2.26. The van der Waals surface area contributed by atoms with Gasteiger partial charge >= 0.3 is 6.03 Å². The molecule has 0 aliphatic heterocycles. The molecule has 0 saturated carbocycles. The summed E-state index contributed by atoms with van der Waals surface area (Å²) in [4.78, 5) is 13.7. The van der Waals surface area contributed by atoms with Crippen LogP contribution < -0.4 is 10.6 Å². The van der Waals surface area contributed by atoms with Crippen molar-refractivity contribution in [1.29, 1.82) is 0 Å². The summed E-state index contributed by atoms with van der Waals surface area (Å²) in [5, 5.41) is 6.46. The number of rotatable bonds is 6. The molecule has 0 spiro atoms. The van der Waals surface area contributed by atoms with Crippen molar-refractivity contribution in [3.05, 3.63) is 34.9 Å². The van der Waals surface area contributed by atoms with Crippen molar-refractivity contribution in [2.24, 2.45) is 0 Å². The van der Waals surface area contributed by atoms with Crippen molar-refractivity contribution in [3.63, 3.8) is 0 Å². The van der Waals surface area contributed by atoms with Crippen LogP contribution >= 0.6 is 11.6 Å². The molecule has 0 aliphatic carbocycles. The molecule has 0 aromatic heterocycles. The second kappa shape index (κ2) is 7.50. The lowest BCUT2D eigenvalue weighted by atomic mass is 9.85. The van der Waals surface area contributed by atoms with Crippen LogP contribution in [0.25, 0.3) is 0 Å². The summed E-state index contributed by atoms with van der Waals surface area (Å²) in [6, 6.07) is 7.60. The van der Waals surface area contributed by atoms with Crippen molar-refractivity contribution in [1.82, 2.24) is 15.5 Å². The molecule has 20 heavy (non-hydrogen) atoms. The largest absolute Gasteiger partial charge is 0.337 e. The number of carbonyl (C=O) groups excluding carboxylic acids is 1. The predicted octanol–water partition coefficient (Wildman–Crippen LogP) is 2.48. The van der Waals surface area contributed by atoms with Gasteiger partial charge < -0.3 is 15.5 Å². The van der Waals surface area contributed by atoms with Crippen molar-refractivity contribution < 1.29 is 4.79 Å². The summed E-state index contributed by atoms with van der Waals surface area (Å²) in [6.45, 7) is 6.23. The summed E-state index contributed by atoms with van der Waals surface area (Å²) in [6.07, 6.45) is 0. The Hall–Kier alpha value is -1.26. The highest BCUT2D eigenvalue weighted by Crippen LogP contribution is 2.23. The van der Waals surface area contributed by atoms with Crippen LogP contribution in [-0.4, -0.2) is 44.7 Å². The van der Waals surface area contributed by atoms with Crippen LogP contribution in [0.5, 0.6) is 0 Å². The number of nitrogens with zero attached hydrogens (tertiary/aromatic N) is 1. The monoisotopic (exact) mass is 297 g/mol. The van der Waals surface area contributed by atoms with Gasteiger partial charge in [-0.15, -0.1) is 0 Å². The SMILES string of the molecule is CN(C)CCNC(=O)NCC(C)(C)c1ccc(Cl)cc1. The Kier molecular flexibility index (Phi) is 6.30. The fourth-order valence-electron chi connectivity index (χ4n) is 1.76. The molecule has 1 aromatic rings. The maximum absolute atomic E-state index is 11.7. The predicted molar refractivity (Wildman–Crippen MR) is 84.4 cm³/mol. The molecule has 112 valence electrons. The summed E-state index contributed by atoms with van der Waals surface area (Å²) in [5.41, 5.74) is 1.01. The minimum absolute atomic E-state index is 0.131. The van der Waals surface area contributed by atoms with Crippen molar-refractivity contribution in [2.45, 2.75) is 19.3 Å². The van der Waals surface area contributed by atoms with Gasteiger partial charge in [0.15, 0.2) is 0 Å². The molecule has 0 unspecified atom stereocenters. The van der Waals surface area contributed by atoms with Crippen molar-refractivity contribution >= 4 is 17.6 Å². The smallest absolute Gasteiger partial charge is 0.314 e. The van der Waals surface area contributed by atoms with Crippen LogP contribution in [0.4, 0.5) is 4.79 Å². The number of hydrogen-bond acceptors (Lipinski definition) is 2. The molecule has 2 N–H and O–H groups in total. The third kappa shape index (κ3) is 5.80. The summed E-state index contributed by atoms with van der Waals surface area (Å²) < 4.78 is 0. The van der Waals surface area contributed by atoms with Gasteiger partial charge in [0, 0.05) is 30.1 Å². The average Bonchev–Trinajstić information content (AvgIpc) is 2.36.